The zero-order valence-electron chi connectivity index (χ0n) is 15.8. The molecule has 1 aromatic heterocycles. The first-order valence-corrected chi connectivity index (χ1v) is 8.80. The van der Waals surface area contributed by atoms with Gasteiger partial charge >= 0.3 is 12.1 Å². The van der Waals surface area contributed by atoms with Gasteiger partial charge in [-0.15, -0.1) is 0 Å². The van der Waals surface area contributed by atoms with Gasteiger partial charge in [-0.05, 0) is 35.9 Å². The summed E-state index contributed by atoms with van der Waals surface area (Å²) in [6, 6.07) is 4.45. The number of aromatic nitrogens is 1. The highest BCUT2D eigenvalue weighted by molar-refractivity contribution is 6.03. The van der Waals surface area contributed by atoms with E-state index in [2.05, 4.69) is 0 Å². The number of carboxylic acid groups (broad SMARTS) is 1. The lowest BCUT2D eigenvalue weighted by atomic mass is 10.0. The monoisotopic (exact) mass is 456 g/mol. The van der Waals surface area contributed by atoms with E-state index in [9.17, 15) is 41.4 Å². The van der Waals surface area contributed by atoms with Crippen LogP contribution in [0.15, 0.2) is 41.2 Å². The molecule has 12 heteroatoms. The number of hydrogen-bond donors (Lipinski definition) is 3. The van der Waals surface area contributed by atoms with Crippen LogP contribution in [-0.4, -0.2) is 33.2 Å². The molecule has 3 aromatic rings. The number of amides is 1. The van der Waals surface area contributed by atoms with Crippen LogP contribution in [0.25, 0.3) is 10.9 Å². The highest BCUT2D eigenvalue weighted by atomic mass is 19.4. The van der Waals surface area contributed by atoms with Crippen LogP contribution < -0.4 is 10.9 Å². The fraction of sp³-hybridized carbons (Fsp3) is 0.150. The van der Waals surface area contributed by atoms with Gasteiger partial charge in [0, 0.05) is 5.39 Å². The van der Waals surface area contributed by atoms with E-state index < -0.39 is 70.8 Å². The molecule has 2 aromatic carbocycles. The van der Waals surface area contributed by atoms with Crippen LogP contribution in [0.3, 0.4) is 0 Å². The first kappa shape index (κ1) is 22.7. The van der Waals surface area contributed by atoms with E-state index in [1.807, 2.05) is 5.32 Å². The van der Waals surface area contributed by atoms with E-state index in [0.29, 0.717) is 4.57 Å². The number of halogens is 5. The van der Waals surface area contributed by atoms with Gasteiger partial charge in [0.15, 0.2) is 0 Å². The lowest BCUT2D eigenvalue weighted by Crippen LogP contribution is -2.36. The number of nitrogens with zero attached hydrogens (tertiary/aromatic N) is 1. The highest BCUT2D eigenvalue weighted by Crippen LogP contribution is 2.34. The second-order valence-electron chi connectivity index (χ2n) is 6.65. The SMILES string of the molecule is O=C(O)CNC(=O)c1c(O)c2cc(F)ccc2n(Cc2ccc(F)cc2C(F)(F)F)c1=O. The van der Waals surface area contributed by atoms with Crippen molar-refractivity contribution < 1.29 is 41.8 Å². The molecule has 0 saturated heterocycles. The number of hydrogen-bond acceptors (Lipinski definition) is 4. The summed E-state index contributed by atoms with van der Waals surface area (Å²) in [5, 5.41) is 20.6. The lowest BCUT2D eigenvalue weighted by molar-refractivity contribution is -0.138. The molecule has 0 bridgehead atoms. The van der Waals surface area contributed by atoms with Gasteiger partial charge in [0.25, 0.3) is 11.5 Å². The van der Waals surface area contributed by atoms with Gasteiger partial charge in [-0.1, -0.05) is 6.07 Å². The summed E-state index contributed by atoms with van der Waals surface area (Å²) in [6.45, 7) is -1.73. The zero-order valence-corrected chi connectivity index (χ0v) is 15.8. The molecule has 1 amide bonds. The maximum Gasteiger partial charge on any atom is 0.416 e. The number of nitrogens with one attached hydrogen (secondary N) is 1. The maximum absolute atomic E-state index is 13.8. The van der Waals surface area contributed by atoms with Gasteiger partial charge in [-0.3, -0.25) is 14.4 Å². The smallest absolute Gasteiger partial charge is 0.416 e. The molecular formula is C20H13F5N2O5. The molecule has 0 aliphatic heterocycles. The predicted molar refractivity (Wildman–Crippen MR) is 100 cm³/mol. The molecular weight excluding hydrogens is 443 g/mol. The number of carboxylic acids is 1. The predicted octanol–water partition coefficient (Wildman–Crippen LogP) is 2.87. The average Bonchev–Trinajstić information content (AvgIpc) is 2.70. The Morgan fingerprint density at radius 2 is 1.66 bits per heavy atom. The van der Waals surface area contributed by atoms with Crippen molar-refractivity contribution in [1.82, 2.24) is 9.88 Å². The van der Waals surface area contributed by atoms with Crippen molar-refractivity contribution in [3.05, 3.63) is 75.1 Å². The third kappa shape index (κ3) is 4.38. The summed E-state index contributed by atoms with van der Waals surface area (Å²) in [5.41, 5.74) is -4.36. The number of carbonyl (C=O) groups is 2. The van der Waals surface area contributed by atoms with E-state index in [-0.39, 0.29) is 17.0 Å². The van der Waals surface area contributed by atoms with Crippen molar-refractivity contribution in [1.29, 1.82) is 0 Å². The average molecular weight is 456 g/mol. The number of pyridine rings is 1. The Bertz CT molecular complexity index is 1300. The van der Waals surface area contributed by atoms with Crippen molar-refractivity contribution in [3.63, 3.8) is 0 Å². The van der Waals surface area contributed by atoms with Crippen LogP contribution in [0.5, 0.6) is 5.75 Å². The quantitative estimate of drug-likeness (QED) is 0.512. The van der Waals surface area contributed by atoms with Gasteiger partial charge in [0.05, 0.1) is 17.6 Å². The van der Waals surface area contributed by atoms with Gasteiger partial charge in [0.1, 0.15) is 29.5 Å². The second-order valence-corrected chi connectivity index (χ2v) is 6.65. The van der Waals surface area contributed by atoms with Crippen LogP contribution in [-0.2, 0) is 17.5 Å². The van der Waals surface area contributed by atoms with Gasteiger partial charge in [-0.25, -0.2) is 8.78 Å². The van der Waals surface area contributed by atoms with Crippen molar-refractivity contribution in [3.8, 4) is 5.75 Å². The van der Waals surface area contributed by atoms with Crippen molar-refractivity contribution >= 4 is 22.8 Å². The minimum absolute atomic E-state index is 0.207. The topological polar surface area (TPSA) is 109 Å². The molecule has 0 saturated carbocycles. The Hall–Kier alpha value is -3.96. The number of aromatic hydroxyl groups is 1. The Morgan fingerprint density at radius 3 is 2.28 bits per heavy atom. The van der Waals surface area contributed by atoms with Crippen molar-refractivity contribution in [2.45, 2.75) is 12.7 Å². The minimum atomic E-state index is -4.97. The Labute approximate surface area is 175 Å². The largest absolute Gasteiger partial charge is 0.506 e. The summed E-state index contributed by atoms with van der Waals surface area (Å²) in [7, 11) is 0. The summed E-state index contributed by atoms with van der Waals surface area (Å²) in [5.74, 6) is -5.82. The molecule has 0 unspecified atom stereocenters. The number of fused-ring (bicyclic) bond motifs is 1. The maximum atomic E-state index is 13.8. The van der Waals surface area contributed by atoms with E-state index in [1.165, 1.54) is 0 Å². The zero-order chi connectivity index (χ0) is 23.8. The molecule has 3 N–H and O–H groups in total. The number of carbonyl (C=O) groups excluding carboxylic acids is 1. The Morgan fingerprint density at radius 1 is 1.03 bits per heavy atom. The molecule has 0 aliphatic rings. The van der Waals surface area contributed by atoms with E-state index in [4.69, 9.17) is 5.11 Å². The van der Waals surface area contributed by atoms with Crippen LogP contribution in [0, 0.1) is 11.6 Å². The molecule has 3 rings (SSSR count). The second kappa shape index (κ2) is 8.29. The fourth-order valence-corrected chi connectivity index (χ4v) is 3.14. The summed E-state index contributed by atoms with van der Waals surface area (Å²) in [6.07, 6.45) is -4.97. The van der Waals surface area contributed by atoms with Crippen molar-refractivity contribution in [2.24, 2.45) is 0 Å². The molecule has 0 fully saturated rings. The first-order valence-electron chi connectivity index (χ1n) is 8.80. The van der Waals surface area contributed by atoms with E-state index >= 15 is 0 Å². The molecule has 168 valence electrons. The number of benzene rings is 2. The number of aliphatic carboxylic acids is 1. The molecule has 0 aliphatic carbocycles. The van der Waals surface area contributed by atoms with Crippen LogP contribution in [0.4, 0.5) is 22.0 Å². The molecule has 0 atom stereocenters. The standard InChI is InChI=1S/C20H13F5N2O5/c21-10-3-4-14-12(5-10)17(30)16(18(31)26-7-15(28)29)19(32)27(14)8-9-1-2-11(22)6-13(9)20(23,24)25/h1-6,30H,7-8H2,(H,26,31)(H,28,29). The molecule has 0 spiro atoms. The van der Waals surface area contributed by atoms with Gasteiger partial charge < -0.3 is 20.1 Å². The van der Waals surface area contributed by atoms with Gasteiger partial charge in [0.2, 0.25) is 0 Å². The highest BCUT2D eigenvalue weighted by Gasteiger charge is 2.34. The summed E-state index contributed by atoms with van der Waals surface area (Å²) >= 11 is 0. The molecule has 32 heavy (non-hydrogen) atoms. The van der Waals surface area contributed by atoms with Crippen LogP contribution in [0.1, 0.15) is 21.5 Å². The molecule has 0 radical (unpaired) electrons. The first-order chi connectivity index (χ1) is 14.9. The normalized spacial score (nSPS) is 11.5. The van der Waals surface area contributed by atoms with E-state index in [0.717, 1.165) is 30.3 Å². The number of alkyl halides is 3. The van der Waals surface area contributed by atoms with Gasteiger partial charge in [-0.2, -0.15) is 13.2 Å². The third-order valence-corrected chi connectivity index (χ3v) is 4.53. The molecule has 1 heterocycles. The third-order valence-electron chi connectivity index (χ3n) is 4.53. The number of rotatable bonds is 5. The van der Waals surface area contributed by atoms with E-state index in [1.54, 1.807) is 0 Å². The van der Waals surface area contributed by atoms with Crippen LogP contribution in [0.2, 0.25) is 0 Å². The lowest BCUT2D eigenvalue weighted by Gasteiger charge is -2.18. The van der Waals surface area contributed by atoms with Crippen molar-refractivity contribution in [2.75, 3.05) is 6.54 Å². The van der Waals surface area contributed by atoms with Crippen LogP contribution >= 0.6 is 0 Å². The summed E-state index contributed by atoms with van der Waals surface area (Å²) in [4.78, 5) is 36.0. The molecule has 7 nitrogen and oxygen atoms in total. The Balaban J connectivity index is 2.27. The Kier molecular flexibility index (Phi) is 5.88. The fourth-order valence-electron chi connectivity index (χ4n) is 3.14. The minimum Gasteiger partial charge on any atom is -0.506 e. The summed E-state index contributed by atoms with van der Waals surface area (Å²) < 4.78 is 68.0.